The van der Waals surface area contributed by atoms with E-state index in [0.717, 1.165) is 5.56 Å². The first-order valence-corrected chi connectivity index (χ1v) is 5.88. The Bertz CT molecular complexity index is 404. The number of hydrogen-bond donors (Lipinski definition) is 3. The average Bonchev–Trinajstić information content (AvgIpc) is 2.34. The van der Waals surface area contributed by atoms with Crippen LogP contribution in [0.1, 0.15) is 19.4 Å². The highest BCUT2D eigenvalue weighted by Gasteiger charge is 2.22. The summed E-state index contributed by atoms with van der Waals surface area (Å²) in [5, 5.41) is 5.22. The summed E-state index contributed by atoms with van der Waals surface area (Å²) in [4.78, 5) is 22.7. The van der Waals surface area contributed by atoms with Crippen LogP contribution in [0.4, 0.5) is 4.79 Å². The van der Waals surface area contributed by atoms with Crippen LogP contribution < -0.4 is 16.4 Å². The molecule has 0 spiro atoms. The smallest absolute Gasteiger partial charge is 0.312 e. The van der Waals surface area contributed by atoms with Gasteiger partial charge in [0.25, 0.3) is 0 Å². The summed E-state index contributed by atoms with van der Waals surface area (Å²) < 4.78 is 0. The molecule has 1 atom stereocenters. The van der Waals surface area contributed by atoms with Crippen molar-refractivity contribution in [1.29, 1.82) is 0 Å². The van der Waals surface area contributed by atoms with Crippen LogP contribution in [0.25, 0.3) is 0 Å². The molecule has 0 saturated carbocycles. The number of nitrogens with two attached hydrogens (primary N) is 1. The third-order valence-corrected chi connectivity index (χ3v) is 2.56. The van der Waals surface area contributed by atoms with Gasteiger partial charge in [-0.05, 0) is 11.5 Å². The van der Waals surface area contributed by atoms with Gasteiger partial charge in [0, 0.05) is 6.54 Å². The van der Waals surface area contributed by atoms with Crippen LogP contribution in [0.2, 0.25) is 0 Å². The van der Waals surface area contributed by atoms with Crippen molar-refractivity contribution < 1.29 is 9.59 Å². The Balaban J connectivity index is 2.54. The van der Waals surface area contributed by atoms with E-state index in [9.17, 15) is 9.59 Å². The van der Waals surface area contributed by atoms with E-state index in [4.69, 9.17) is 5.73 Å². The molecule has 1 rings (SSSR count). The number of amides is 3. The molecule has 0 saturated heterocycles. The van der Waals surface area contributed by atoms with Gasteiger partial charge in [-0.15, -0.1) is 0 Å². The highest BCUT2D eigenvalue weighted by atomic mass is 16.2. The van der Waals surface area contributed by atoms with Crippen molar-refractivity contribution >= 4 is 11.9 Å². The summed E-state index contributed by atoms with van der Waals surface area (Å²) in [7, 11) is 0. The maximum atomic E-state index is 11.9. The zero-order valence-corrected chi connectivity index (χ0v) is 10.6. The number of hydrogen-bond acceptors (Lipinski definition) is 2. The molecule has 0 aliphatic rings. The minimum atomic E-state index is -0.691. The standard InChI is InChI=1S/C13H19N3O2/c1-9(2)11(16-13(14)18)12(17)15-8-10-6-4-3-5-7-10/h3-7,9,11H,8H2,1-2H3,(H,15,17)(H3,14,16,18). The highest BCUT2D eigenvalue weighted by molar-refractivity contribution is 5.86. The first-order valence-electron chi connectivity index (χ1n) is 5.88. The SMILES string of the molecule is CC(C)C(NC(N)=O)C(=O)NCc1ccccc1. The minimum Gasteiger partial charge on any atom is -0.352 e. The third-order valence-electron chi connectivity index (χ3n) is 2.56. The van der Waals surface area contributed by atoms with Gasteiger partial charge in [0.05, 0.1) is 0 Å². The fourth-order valence-corrected chi connectivity index (χ4v) is 1.58. The molecule has 18 heavy (non-hydrogen) atoms. The van der Waals surface area contributed by atoms with Gasteiger partial charge >= 0.3 is 6.03 Å². The molecule has 4 N–H and O–H groups in total. The second kappa shape index (κ2) is 6.64. The Morgan fingerprint density at radius 3 is 2.33 bits per heavy atom. The normalized spacial score (nSPS) is 11.9. The molecule has 5 nitrogen and oxygen atoms in total. The Morgan fingerprint density at radius 2 is 1.83 bits per heavy atom. The number of nitrogens with one attached hydrogen (secondary N) is 2. The Morgan fingerprint density at radius 1 is 1.22 bits per heavy atom. The largest absolute Gasteiger partial charge is 0.352 e. The Labute approximate surface area is 107 Å². The van der Waals surface area contributed by atoms with E-state index in [1.807, 2.05) is 44.2 Å². The summed E-state index contributed by atoms with van der Waals surface area (Å²) in [5.41, 5.74) is 6.05. The molecule has 5 heteroatoms. The molecule has 0 fully saturated rings. The van der Waals surface area contributed by atoms with Gasteiger partial charge in [0.2, 0.25) is 5.91 Å². The fraction of sp³-hybridized carbons (Fsp3) is 0.385. The van der Waals surface area contributed by atoms with Crippen molar-refractivity contribution in [1.82, 2.24) is 10.6 Å². The number of primary amides is 1. The van der Waals surface area contributed by atoms with Crippen molar-refractivity contribution in [2.75, 3.05) is 0 Å². The van der Waals surface area contributed by atoms with Gasteiger partial charge in [0.1, 0.15) is 6.04 Å². The van der Waals surface area contributed by atoms with Crippen molar-refractivity contribution in [3.8, 4) is 0 Å². The first-order chi connectivity index (χ1) is 8.50. The van der Waals surface area contributed by atoms with Crippen LogP contribution in [0, 0.1) is 5.92 Å². The Hall–Kier alpha value is -2.04. The molecule has 98 valence electrons. The molecule has 1 aromatic rings. The lowest BCUT2D eigenvalue weighted by molar-refractivity contribution is -0.124. The molecule has 1 aromatic carbocycles. The maximum absolute atomic E-state index is 11.9. The molecule has 0 aromatic heterocycles. The summed E-state index contributed by atoms with van der Waals surface area (Å²) in [6, 6.07) is 8.27. The minimum absolute atomic E-state index is 0.0201. The molecular weight excluding hydrogens is 230 g/mol. The predicted molar refractivity (Wildman–Crippen MR) is 69.6 cm³/mol. The van der Waals surface area contributed by atoms with E-state index in [0.29, 0.717) is 6.54 Å². The number of rotatable bonds is 5. The number of carbonyl (C=O) groups is 2. The van der Waals surface area contributed by atoms with Crippen molar-refractivity contribution in [2.24, 2.45) is 11.7 Å². The zero-order chi connectivity index (χ0) is 13.5. The van der Waals surface area contributed by atoms with Gasteiger partial charge in [-0.2, -0.15) is 0 Å². The predicted octanol–water partition coefficient (Wildman–Crippen LogP) is 0.996. The highest BCUT2D eigenvalue weighted by Crippen LogP contribution is 2.03. The fourth-order valence-electron chi connectivity index (χ4n) is 1.58. The van der Waals surface area contributed by atoms with Crippen LogP contribution in [-0.4, -0.2) is 18.0 Å². The van der Waals surface area contributed by atoms with E-state index < -0.39 is 12.1 Å². The maximum Gasteiger partial charge on any atom is 0.312 e. The Kier molecular flexibility index (Phi) is 5.17. The van der Waals surface area contributed by atoms with E-state index in [1.54, 1.807) is 0 Å². The summed E-state index contributed by atoms with van der Waals surface area (Å²) in [6.07, 6.45) is 0. The number of carbonyl (C=O) groups excluding carboxylic acids is 2. The second-order valence-electron chi connectivity index (χ2n) is 4.43. The average molecular weight is 249 g/mol. The molecular formula is C13H19N3O2. The molecule has 1 unspecified atom stereocenters. The van der Waals surface area contributed by atoms with Gasteiger partial charge in [-0.3, -0.25) is 4.79 Å². The molecule has 0 bridgehead atoms. The van der Waals surface area contributed by atoms with Crippen molar-refractivity contribution in [3.63, 3.8) is 0 Å². The monoisotopic (exact) mass is 249 g/mol. The molecule has 0 heterocycles. The zero-order valence-electron chi connectivity index (χ0n) is 10.6. The van der Waals surface area contributed by atoms with Crippen LogP contribution in [0.15, 0.2) is 30.3 Å². The lowest BCUT2D eigenvalue weighted by Gasteiger charge is -2.20. The third kappa shape index (κ3) is 4.45. The van der Waals surface area contributed by atoms with Gasteiger partial charge in [-0.25, -0.2) is 4.79 Å². The lowest BCUT2D eigenvalue weighted by atomic mass is 10.0. The van der Waals surface area contributed by atoms with E-state index in [-0.39, 0.29) is 11.8 Å². The topological polar surface area (TPSA) is 84.2 Å². The van der Waals surface area contributed by atoms with Gasteiger partial charge < -0.3 is 16.4 Å². The number of urea groups is 1. The van der Waals surface area contributed by atoms with E-state index >= 15 is 0 Å². The molecule has 0 aliphatic heterocycles. The van der Waals surface area contributed by atoms with Crippen LogP contribution in [0.3, 0.4) is 0 Å². The van der Waals surface area contributed by atoms with Crippen LogP contribution in [0.5, 0.6) is 0 Å². The van der Waals surface area contributed by atoms with Crippen molar-refractivity contribution in [2.45, 2.75) is 26.4 Å². The molecule has 0 radical (unpaired) electrons. The summed E-state index contributed by atoms with van der Waals surface area (Å²) >= 11 is 0. The second-order valence-corrected chi connectivity index (χ2v) is 4.43. The molecule has 3 amide bonds. The van der Waals surface area contributed by atoms with Crippen molar-refractivity contribution in [3.05, 3.63) is 35.9 Å². The summed E-state index contributed by atoms with van der Waals surface area (Å²) in [5.74, 6) is -0.249. The van der Waals surface area contributed by atoms with E-state index in [1.165, 1.54) is 0 Å². The van der Waals surface area contributed by atoms with Gasteiger partial charge in [0.15, 0.2) is 0 Å². The number of benzene rings is 1. The van der Waals surface area contributed by atoms with E-state index in [2.05, 4.69) is 10.6 Å². The quantitative estimate of drug-likeness (QED) is 0.727. The molecule has 0 aliphatic carbocycles. The first kappa shape index (κ1) is 14.0. The van der Waals surface area contributed by atoms with Gasteiger partial charge in [-0.1, -0.05) is 44.2 Å². The van der Waals surface area contributed by atoms with Crippen LogP contribution in [-0.2, 0) is 11.3 Å². The summed E-state index contributed by atoms with van der Waals surface area (Å²) in [6.45, 7) is 4.13. The lowest BCUT2D eigenvalue weighted by Crippen LogP contribution is -2.51. The van der Waals surface area contributed by atoms with Crippen LogP contribution >= 0.6 is 0 Å².